The van der Waals surface area contributed by atoms with Crippen LogP contribution in [0.4, 0.5) is 29.0 Å². The lowest BCUT2D eigenvalue weighted by Gasteiger charge is -2.29. The van der Waals surface area contributed by atoms with Crippen LogP contribution < -0.4 is 20.9 Å². The van der Waals surface area contributed by atoms with Gasteiger partial charge in [-0.1, -0.05) is 37.5 Å². The lowest BCUT2D eigenvalue weighted by atomic mass is 9.95. The molecule has 6 rings (SSSR count). The molecule has 1 saturated heterocycles. The quantitative estimate of drug-likeness (QED) is 0.357. The van der Waals surface area contributed by atoms with Crippen LogP contribution in [0.1, 0.15) is 38.1 Å². The summed E-state index contributed by atoms with van der Waals surface area (Å²) in [5, 5.41) is 10.3. The second-order valence-electron chi connectivity index (χ2n) is 9.40. The maximum atomic E-state index is 4.94. The Hall–Kier alpha value is -3.65. The van der Waals surface area contributed by atoms with E-state index in [2.05, 4.69) is 66.8 Å². The molecule has 3 heterocycles. The summed E-state index contributed by atoms with van der Waals surface area (Å²) in [5.41, 5.74) is 4.95. The van der Waals surface area contributed by atoms with Gasteiger partial charge in [-0.3, -0.25) is 4.57 Å². The maximum Gasteiger partial charge on any atom is 0.229 e. The number of aromatic nitrogens is 4. The normalized spacial score (nSPS) is 17.0. The number of imidazole rings is 1. The van der Waals surface area contributed by atoms with Gasteiger partial charge in [-0.25, -0.2) is 9.97 Å². The summed E-state index contributed by atoms with van der Waals surface area (Å²) in [6.45, 7) is 4.14. The highest BCUT2D eigenvalue weighted by molar-refractivity contribution is 5.77. The van der Waals surface area contributed by atoms with E-state index in [1.807, 2.05) is 24.4 Å². The first-order valence-electron chi connectivity index (χ1n) is 12.7. The first kappa shape index (κ1) is 21.9. The molecule has 180 valence electrons. The average Bonchev–Trinajstić information content (AvgIpc) is 3.27. The number of fused-ring (bicyclic) bond motifs is 1. The van der Waals surface area contributed by atoms with Crippen LogP contribution in [0.3, 0.4) is 0 Å². The molecule has 0 unspecified atom stereocenters. The Bertz CT molecular complexity index is 1260. The molecule has 0 radical (unpaired) electrons. The van der Waals surface area contributed by atoms with Gasteiger partial charge in [0, 0.05) is 49.3 Å². The largest absolute Gasteiger partial charge is 0.369 e. The van der Waals surface area contributed by atoms with E-state index in [1.54, 1.807) is 0 Å². The molecule has 0 bridgehead atoms. The van der Waals surface area contributed by atoms with E-state index in [-0.39, 0.29) is 0 Å². The van der Waals surface area contributed by atoms with E-state index in [0.717, 1.165) is 67.5 Å². The molecule has 0 amide bonds. The zero-order valence-electron chi connectivity index (χ0n) is 20.0. The smallest absolute Gasteiger partial charge is 0.229 e. The molecule has 0 spiro atoms. The first-order valence-corrected chi connectivity index (χ1v) is 12.7. The standard InChI is InChI=1S/C27H32N8/c1-3-7-20(8-4-1)31-27-32-24-19-29-26(33-25(24)35(27)23-9-5-2-6-10-23)30-21-11-13-22(14-12-21)34-17-15-28-16-18-34/h1,3-4,7-8,11-14,19,23,28H,2,5-6,9-10,15-18H2,(H,31,32)(H,29,30,33). The van der Waals surface area contributed by atoms with E-state index in [4.69, 9.17) is 9.97 Å². The van der Waals surface area contributed by atoms with Gasteiger partial charge in [-0.2, -0.15) is 4.98 Å². The molecule has 35 heavy (non-hydrogen) atoms. The van der Waals surface area contributed by atoms with Crippen LogP contribution in [-0.2, 0) is 0 Å². The molecular formula is C27H32N8. The molecule has 2 aromatic carbocycles. The van der Waals surface area contributed by atoms with Crippen LogP contribution >= 0.6 is 0 Å². The van der Waals surface area contributed by atoms with Gasteiger partial charge in [0.1, 0.15) is 5.52 Å². The van der Waals surface area contributed by atoms with Gasteiger partial charge in [0.05, 0.1) is 6.20 Å². The Morgan fingerprint density at radius 1 is 0.800 bits per heavy atom. The van der Waals surface area contributed by atoms with Crippen molar-refractivity contribution in [3.05, 3.63) is 60.8 Å². The van der Waals surface area contributed by atoms with Gasteiger partial charge in [0.15, 0.2) is 5.65 Å². The summed E-state index contributed by atoms with van der Waals surface area (Å²) in [7, 11) is 0. The van der Waals surface area contributed by atoms with Crippen molar-refractivity contribution < 1.29 is 0 Å². The minimum atomic E-state index is 0.390. The molecule has 2 fully saturated rings. The van der Waals surface area contributed by atoms with Crippen molar-refractivity contribution in [2.75, 3.05) is 41.7 Å². The van der Waals surface area contributed by atoms with Crippen LogP contribution in [0.2, 0.25) is 0 Å². The van der Waals surface area contributed by atoms with Crippen molar-refractivity contribution in [3.8, 4) is 0 Å². The third-order valence-corrected chi connectivity index (χ3v) is 7.01. The third-order valence-electron chi connectivity index (χ3n) is 7.01. The number of para-hydroxylation sites is 1. The first-order chi connectivity index (χ1) is 17.3. The Balaban J connectivity index is 1.29. The van der Waals surface area contributed by atoms with Crippen molar-refractivity contribution in [2.24, 2.45) is 0 Å². The fraction of sp³-hybridized carbons (Fsp3) is 0.370. The van der Waals surface area contributed by atoms with Gasteiger partial charge < -0.3 is 20.9 Å². The molecule has 2 aliphatic rings. The summed E-state index contributed by atoms with van der Waals surface area (Å²) < 4.78 is 2.29. The van der Waals surface area contributed by atoms with Crippen molar-refractivity contribution in [1.82, 2.24) is 24.8 Å². The predicted octanol–water partition coefficient (Wildman–Crippen LogP) is 5.23. The molecule has 1 aliphatic heterocycles. The summed E-state index contributed by atoms with van der Waals surface area (Å²) >= 11 is 0. The summed E-state index contributed by atoms with van der Waals surface area (Å²) in [5.74, 6) is 1.43. The van der Waals surface area contributed by atoms with E-state index in [0.29, 0.717) is 12.0 Å². The van der Waals surface area contributed by atoms with Gasteiger partial charge in [-0.05, 0) is 49.2 Å². The Labute approximate surface area is 205 Å². The van der Waals surface area contributed by atoms with Crippen LogP contribution in [0.5, 0.6) is 0 Å². The highest BCUT2D eigenvalue weighted by atomic mass is 15.3. The number of hydrogen-bond acceptors (Lipinski definition) is 7. The second kappa shape index (κ2) is 9.92. The topological polar surface area (TPSA) is 82.9 Å². The number of rotatable bonds is 6. The molecular weight excluding hydrogens is 436 g/mol. The summed E-state index contributed by atoms with van der Waals surface area (Å²) in [6, 6.07) is 19.1. The molecule has 8 heteroatoms. The molecule has 8 nitrogen and oxygen atoms in total. The maximum absolute atomic E-state index is 4.94. The summed E-state index contributed by atoms with van der Waals surface area (Å²) in [6.07, 6.45) is 7.91. The predicted molar refractivity (Wildman–Crippen MR) is 142 cm³/mol. The number of hydrogen-bond donors (Lipinski definition) is 3. The zero-order valence-corrected chi connectivity index (χ0v) is 20.0. The van der Waals surface area contributed by atoms with Gasteiger partial charge in [0.25, 0.3) is 0 Å². The molecule has 1 aliphatic carbocycles. The number of piperazine rings is 1. The molecule has 0 atom stereocenters. The van der Waals surface area contributed by atoms with E-state index >= 15 is 0 Å². The van der Waals surface area contributed by atoms with E-state index < -0.39 is 0 Å². The van der Waals surface area contributed by atoms with Crippen LogP contribution in [0.25, 0.3) is 11.2 Å². The van der Waals surface area contributed by atoms with E-state index in [9.17, 15) is 0 Å². The Morgan fingerprint density at radius 3 is 2.31 bits per heavy atom. The fourth-order valence-electron chi connectivity index (χ4n) is 5.18. The highest BCUT2D eigenvalue weighted by Gasteiger charge is 2.23. The van der Waals surface area contributed by atoms with E-state index in [1.165, 1.54) is 24.9 Å². The average molecular weight is 469 g/mol. The number of benzene rings is 2. The third kappa shape index (κ3) is 4.79. The Morgan fingerprint density at radius 2 is 1.54 bits per heavy atom. The number of anilines is 5. The molecule has 4 aromatic rings. The van der Waals surface area contributed by atoms with Crippen LogP contribution in [-0.4, -0.2) is 45.7 Å². The second-order valence-corrected chi connectivity index (χ2v) is 9.40. The molecule has 2 aromatic heterocycles. The van der Waals surface area contributed by atoms with Gasteiger partial charge in [-0.15, -0.1) is 0 Å². The van der Waals surface area contributed by atoms with Gasteiger partial charge in [0.2, 0.25) is 11.9 Å². The fourth-order valence-corrected chi connectivity index (χ4v) is 5.18. The number of nitrogens with zero attached hydrogens (tertiary/aromatic N) is 5. The minimum Gasteiger partial charge on any atom is -0.369 e. The Kier molecular flexibility index (Phi) is 6.19. The van der Waals surface area contributed by atoms with Crippen molar-refractivity contribution >= 4 is 40.1 Å². The van der Waals surface area contributed by atoms with Crippen molar-refractivity contribution in [1.29, 1.82) is 0 Å². The molecule has 1 saturated carbocycles. The lowest BCUT2D eigenvalue weighted by molar-refractivity contribution is 0.361. The van der Waals surface area contributed by atoms with Crippen molar-refractivity contribution in [2.45, 2.75) is 38.1 Å². The lowest BCUT2D eigenvalue weighted by Crippen LogP contribution is -2.43. The SMILES string of the molecule is c1ccc(Nc2nc3cnc(Nc4ccc(N5CCNCC5)cc4)nc3n2C2CCCCC2)cc1. The zero-order chi connectivity index (χ0) is 23.5. The number of nitrogens with one attached hydrogen (secondary N) is 3. The van der Waals surface area contributed by atoms with Gasteiger partial charge >= 0.3 is 0 Å². The van der Waals surface area contributed by atoms with Crippen LogP contribution in [0.15, 0.2) is 60.8 Å². The van der Waals surface area contributed by atoms with Crippen molar-refractivity contribution in [3.63, 3.8) is 0 Å². The minimum absolute atomic E-state index is 0.390. The summed E-state index contributed by atoms with van der Waals surface area (Å²) in [4.78, 5) is 16.8. The van der Waals surface area contributed by atoms with Crippen LogP contribution in [0, 0.1) is 0 Å². The molecule has 3 N–H and O–H groups in total. The highest BCUT2D eigenvalue weighted by Crippen LogP contribution is 2.35. The monoisotopic (exact) mass is 468 g/mol.